The second-order valence-corrected chi connectivity index (χ2v) is 4.25. The zero-order chi connectivity index (χ0) is 9.90. The van der Waals surface area contributed by atoms with E-state index in [-0.39, 0.29) is 6.42 Å². The number of rotatable bonds is 3. The van der Waals surface area contributed by atoms with Crippen molar-refractivity contribution in [3.05, 3.63) is 35.9 Å². The molecule has 0 aliphatic heterocycles. The van der Waals surface area contributed by atoms with Crippen molar-refractivity contribution in [3.8, 4) is 0 Å². The summed E-state index contributed by atoms with van der Waals surface area (Å²) in [5, 5.41) is 8.73. The third-order valence-electron chi connectivity index (χ3n) is 1.66. The number of carbonyl (C=O) groups is 1. The molecule has 1 rings (SSSR count). The minimum atomic E-state index is -1.37. The Bertz CT molecular complexity index is 298. The summed E-state index contributed by atoms with van der Waals surface area (Å²) in [6.45, 7) is 0. The molecule has 1 aromatic rings. The fourth-order valence-corrected chi connectivity index (χ4v) is 1.29. The number of hydrogen-bond donors (Lipinski definition) is 2. The van der Waals surface area contributed by atoms with Crippen LogP contribution >= 0.6 is 15.9 Å². The lowest BCUT2D eigenvalue weighted by Crippen LogP contribution is -2.43. The van der Waals surface area contributed by atoms with Crippen LogP contribution in [0.1, 0.15) is 5.56 Å². The minimum Gasteiger partial charge on any atom is -0.479 e. The van der Waals surface area contributed by atoms with Crippen LogP contribution in [0, 0.1) is 0 Å². The molecule has 3 nitrogen and oxygen atoms in total. The third kappa shape index (κ3) is 2.82. The van der Waals surface area contributed by atoms with E-state index in [0.29, 0.717) is 0 Å². The quantitative estimate of drug-likeness (QED) is 0.623. The van der Waals surface area contributed by atoms with Gasteiger partial charge in [0.2, 0.25) is 0 Å². The highest BCUT2D eigenvalue weighted by atomic mass is 79.9. The molecule has 0 radical (unpaired) electrons. The summed E-state index contributed by atoms with van der Waals surface area (Å²) < 4.78 is -1.37. The molecule has 13 heavy (non-hydrogen) atoms. The summed E-state index contributed by atoms with van der Waals surface area (Å²) >= 11 is 2.96. The lowest BCUT2D eigenvalue weighted by atomic mass is 10.1. The van der Waals surface area contributed by atoms with Crippen molar-refractivity contribution >= 4 is 21.9 Å². The highest BCUT2D eigenvalue weighted by Crippen LogP contribution is 2.17. The second-order valence-electron chi connectivity index (χ2n) is 2.83. The molecule has 70 valence electrons. The number of hydrogen-bond acceptors (Lipinski definition) is 2. The largest absolute Gasteiger partial charge is 0.479 e. The van der Waals surface area contributed by atoms with Crippen LogP contribution in [-0.4, -0.2) is 15.5 Å². The van der Waals surface area contributed by atoms with E-state index >= 15 is 0 Å². The molecule has 0 amide bonds. The van der Waals surface area contributed by atoms with Gasteiger partial charge in [0.05, 0.1) is 0 Å². The van der Waals surface area contributed by atoms with Crippen molar-refractivity contribution in [3.63, 3.8) is 0 Å². The molecule has 0 bridgehead atoms. The highest BCUT2D eigenvalue weighted by molar-refractivity contribution is 9.10. The summed E-state index contributed by atoms with van der Waals surface area (Å²) in [6, 6.07) is 9.24. The Morgan fingerprint density at radius 1 is 1.46 bits per heavy atom. The Morgan fingerprint density at radius 3 is 2.46 bits per heavy atom. The number of carboxylic acid groups (broad SMARTS) is 1. The van der Waals surface area contributed by atoms with E-state index < -0.39 is 10.4 Å². The summed E-state index contributed by atoms with van der Waals surface area (Å²) in [5.41, 5.74) is 6.40. The monoisotopic (exact) mass is 243 g/mol. The normalized spacial score (nSPS) is 14.9. The van der Waals surface area contributed by atoms with Crippen LogP contribution in [0.3, 0.4) is 0 Å². The van der Waals surface area contributed by atoms with Crippen molar-refractivity contribution in [2.75, 3.05) is 0 Å². The van der Waals surface area contributed by atoms with Gasteiger partial charge in [0, 0.05) is 6.42 Å². The van der Waals surface area contributed by atoms with Gasteiger partial charge in [0.25, 0.3) is 0 Å². The van der Waals surface area contributed by atoms with Crippen molar-refractivity contribution in [2.45, 2.75) is 10.9 Å². The minimum absolute atomic E-state index is 0.267. The molecule has 0 saturated carbocycles. The van der Waals surface area contributed by atoms with Crippen LogP contribution in [0.5, 0.6) is 0 Å². The van der Waals surface area contributed by atoms with Crippen LogP contribution in [0.25, 0.3) is 0 Å². The van der Waals surface area contributed by atoms with Gasteiger partial charge in [0.15, 0.2) is 4.45 Å². The topological polar surface area (TPSA) is 63.3 Å². The van der Waals surface area contributed by atoms with Gasteiger partial charge in [0.1, 0.15) is 0 Å². The molecule has 3 N–H and O–H groups in total. The summed E-state index contributed by atoms with van der Waals surface area (Å²) in [4.78, 5) is 10.7. The Balaban J connectivity index is 2.75. The fraction of sp³-hybridized carbons (Fsp3) is 0.222. The van der Waals surface area contributed by atoms with E-state index in [1.165, 1.54) is 0 Å². The number of alkyl halides is 1. The van der Waals surface area contributed by atoms with Crippen LogP contribution in [0.2, 0.25) is 0 Å². The first-order valence-electron chi connectivity index (χ1n) is 3.77. The van der Waals surface area contributed by atoms with Crippen LogP contribution in [0.4, 0.5) is 0 Å². The number of aliphatic carboxylic acids is 1. The first kappa shape index (κ1) is 10.2. The average molecular weight is 244 g/mol. The van der Waals surface area contributed by atoms with E-state index in [4.69, 9.17) is 10.8 Å². The molecule has 0 fully saturated rings. The van der Waals surface area contributed by atoms with Crippen LogP contribution < -0.4 is 5.73 Å². The van der Waals surface area contributed by atoms with Crippen molar-refractivity contribution in [2.24, 2.45) is 5.73 Å². The molecule has 4 heteroatoms. The summed E-state index contributed by atoms with van der Waals surface area (Å²) in [7, 11) is 0. The predicted molar refractivity (Wildman–Crippen MR) is 53.6 cm³/mol. The Hall–Kier alpha value is -0.870. The Morgan fingerprint density at radius 2 is 2.00 bits per heavy atom. The standard InChI is InChI=1S/C9H10BrNO2/c10-9(11,8(12)13)6-7-4-2-1-3-5-7/h1-5H,6,11H2,(H,12,13)/t9-/m1/s1. The Kier molecular flexibility index (Phi) is 3.06. The van der Waals surface area contributed by atoms with E-state index in [1.807, 2.05) is 30.3 Å². The smallest absolute Gasteiger partial charge is 0.335 e. The Labute approximate surface area is 84.7 Å². The average Bonchev–Trinajstić information content (AvgIpc) is 2.05. The van der Waals surface area contributed by atoms with Crippen molar-refractivity contribution in [1.29, 1.82) is 0 Å². The first-order chi connectivity index (χ1) is 6.02. The maximum atomic E-state index is 10.7. The molecule has 1 atom stereocenters. The highest BCUT2D eigenvalue weighted by Gasteiger charge is 2.30. The van der Waals surface area contributed by atoms with Gasteiger partial charge in [-0.15, -0.1) is 0 Å². The van der Waals surface area contributed by atoms with Crippen molar-refractivity contribution in [1.82, 2.24) is 0 Å². The fourth-order valence-electron chi connectivity index (χ4n) is 0.969. The number of benzene rings is 1. The lowest BCUT2D eigenvalue weighted by Gasteiger charge is -2.16. The molecule has 0 aliphatic rings. The SMILES string of the molecule is N[C@](Br)(Cc1ccccc1)C(=O)O. The lowest BCUT2D eigenvalue weighted by molar-refractivity contribution is -0.139. The molecular weight excluding hydrogens is 234 g/mol. The number of nitrogens with two attached hydrogens (primary N) is 1. The number of carboxylic acids is 1. The molecule has 0 spiro atoms. The van der Waals surface area contributed by atoms with E-state index in [9.17, 15) is 4.79 Å². The summed E-state index contributed by atoms with van der Waals surface area (Å²) in [5.74, 6) is -1.06. The van der Waals surface area contributed by atoms with Crippen LogP contribution in [0.15, 0.2) is 30.3 Å². The van der Waals surface area contributed by atoms with Gasteiger partial charge >= 0.3 is 5.97 Å². The van der Waals surface area contributed by atoms with Gasteiger partial charge in [-0.3, -0.25) is 0 Å². The van der Waals surface area contributed by atoms with Crippen molar-refractivity contribution < 1.29 is 9.90 Å². The molecule has 0 aliphatic carbocycles. The maximum Gasteiger partial charge on any atom is 0.335 e. The van der Waals surface area contributed by atoms with Gasteiger partial charge in [-0.05, 0) is 5.56 Å². The predicted octanol–water partition coefficient (Wildman–Crippen LogP) is 1.36. The molecule has 0 aromatic heterocycles. The van der Waals surface area contributed by atoms with Gasteiger partial charge in [-0.25, -0.2) is 4.79 Å². The molecule has 0 saturated heterocycles. The zero-order valence-electron chi connectivity index (χ0n) is 6.90. The molecule has 0 unspecified atom stereocenters. The maximum absolute atomic E-state index is 10.7. The number of halogens is 1. The zero-order valence-corrected chi connectivity index (χ0v) is 8.49. The van der Waals surface area contributed by atoms with E-state index in [1.54, 1.807) is 0 Å². The van der Waals surface area contributed by atoms with Gasteiger partial charge in [-0.1, -0.05) is 46.3 Å². The van der Waals surface area contributed by atoms with Gasteiger partial charge in [-0.2, -0.15) is 0 Å². The van der Waals surface area contributed by atoms with Crippen LogP contribution in [-0.2, 0) is 11.2 Å². The van der Waals surface area contributed by atoms with E-state index in [2.05, 4.69) is 15.9 Å². The molecule has 1 aromatic carbocycles. The molecular formula is C9H10BrNO2. The molecule has 0 heterocycles. The van der Waals surface area contributed by atoms with E-state index in [0.717, 1.165) is 5.56 Å². The third-order valence-corrected chi connectivity index (χ3v) is 2.28. The first-order valence-corrected chi connectivity index (χ1v) is 4.57. The second kappa shape index (κ2) is 3.89. The summed E-state index contributed by atoms with van der Waals surface area (Å²) in [6.07, 6.45) is 0.267. The van der Waals surface area contributed by atoms with Gasteiger partial charge < -0.3 is 10.8 Å².